The Labute approximate surface area is 183 Å². The average molecular weight is 418 g/mol. The van der Waals surface area contributed by atoms with Gasteiger partial charge in [0, 0.05) is 12.1 Å². The van der Waals surface area contributed by atoms with Crippen LogP contribution in [0.2, 0.25) is 0 Å². The molecule has 3 rings (SSSR count). The van der Waals surface area contributed by atoms with E-state index in [0.717, 1.165) is 28.0 Å². The minimum atomic E-state index is -0.355. The summed E-state index contributed by atoms with van der Waals surface area (Å²) in [4.78, 5) is 15.9. The summed E-state index contributed by atoms with van der Waals surface area (Å²) < 4.78 is 16.7. The molecule has 1 aromatic heterocycles. The van der Waals surface area contributed by atoms with Crippen molar-refractivity contribution < 1.29 is 19.0 Å². The highest BCUT2D eigenvalue weighted by Crippen LogP contribution is 2.30. The smallest absolute Gasteiger partial charge is 0.330 e. The minimum absolute atomic E-state index is 0.355. The molecular weight excluding hydrogens is 390 g/mol. The number of rotatable bonds is 8. The molecule has 0 spiro atoms. The topological polar surface area (TPSA) is 57.7 Å². The van der Waals surface area contributed by atoms with Gasteiger partial charge in [-0.2, -0.15) is 0 Å². The molecular formula is C26H27NO4. The van der Waals surface area contributed by atoms with Crippen molar-refractivity contribution in [2.75, 3.05) is 6.61 Å². The maximum Gasteiger partial charge on any atom is 0.330 e. The van der Waals surface area contributed by atoms with Crippen LogP contribution in [0.3, 0.4) is 0 Å². The molecule has 0 bridgehead atoms. The highest BCUT2D eigenvalue weighted by Gasteiger charge is 2.09. The zero-order valence-electron chi connectivity index (χ0n) is 18.3. The van der Waals surface area contributed by atoms with Crippen LogP contribution in [0, 0.1) is 20.8 Å². The van der Waals surface area contributed by atoms with Crippen molar-refractivity contribution >= 4 is 12.0 Å². The second-order valence-corrected chi connectivity index (χ2v) is 7.28. The minimum Gasteiger partial charge on any atom is -0.487 e. The zero-order valence-corrected chi connectivity index (χ0v) is 18.3. The van der Waals surface area contributed by atoms with Gasteiger partial charge in [0.15, 0.2) is 0 Å². The number of nitrogens with zero attached hydrogens (tertiary/aromatic N) is 1. The Morgan fingerprint density at radius 2 is 1.71 bits per heavy atom. The third-order valence-corrected chi connectivity index (χ3v) is 4.62. The number of hydrogen-bond acceptors (Lipinski definition) is 5. The van der Waals surface area contributed by atoms with Crippen molar-refractivity contribution in [3.8, 4) is 17.4 Å². The maximum atomic E-state index is 11.5. The van der Waals surface area contributed by atoms with E-state index in [4.69, 9.17) is 14.2 Å². The summed E-state index contributed by atoms with van der Waals surface area (Å²) in [5.41, 5.74) is 5.13. The number of benzene rings is 2. The fourth-order valence-corrected chi connectivity index (χ4v) is 3.06. The highest BCUT2D eigenvalue weighted by molar-refractivity contribution is 5.87. The van der Waals surface area contributed by atoms with E-state index in [1.165, 1.54) is 11.6 Å². The first-order chi connectivity index (χ1) is 14.9. The average Bonchev–Trinajstić information content (AvgIpc) is 2.75. The van der Waals surface area contributed by atoms with Crippen LogP contribution in [0.5, 0.6) is 17.4 Å². The van der Waals surface area contributed by atoms with Crippen LogP contribution in [-0.2, 0) is 16.1 Å². The van der Waals surface area contributed by atoms with Gasteiger partial charge in [0.1, 0.15) is 18.1 Å². The number of pyridine rings is 1. The van der Waals surface area contributed by atoms with Gasteiger partial charge in [0.05, 0.1) is 12.8 Å². The lowest BCUT2D eigenvalue weighted by Crippen LogP contribution is -1.99. The molecule has 0 N–H and O–H groups in total. The third kappa shape index (κ3) is 6.44. The summed E-state index contributed by atoms with van der Waals surface area (Å²) in [6.45, 7) is 8.61. The molecule has 0 atom stereocenters. The molecule has 1 heterocycles. The van der Waals surface area contributed by atoms with Crippen molar-refractivity contribution in [2.45, 2.75) is 34.3 Å². The van der Waals surface area contributed by atoms with Crippen molar-refractivity contribution in [2.24, 2.45) is 0 Å². The second kappa shape index (κ2) is 10.4. The summed E-state index contributed by atoms with van der Waals surface area (Å²) >= 11 is 0. The normalized spacial score (nSPS) is 10.8. The van der Waals surface area contributed by atoms with Crippen LogP contribution < -0.4 is 9.47 Å². The summed E-state index contributed by atoms with van der Waals surface area (Å²) in [5, 5.41) is 0. The van der Waals surface area contributed by atoms with E-state index in [-0.39, 0.29) is 5.97 Å². The van der Waals surface area contributed by atoms with Gasteiger partial charge in [-0.25, -0.2) is 9.78 Å². The Bertz CT molecular complexity index is 1030. The van der Waals surface area contributed by atoms with Gasteiger partial charge < -0.3 is 14.2 Å². The van der Waals surface area contributed by atoms with Gasteiger partial charge in [-0.05, 0) is 74.2 Å². The lowest BCUT2D eigenvalue weighted by molar-refractivity contribution is -0.137. The molecule has 0 amide bonds. The van der Waals surface area contributed by atoms with Gasteiger partial charge in [0.25, 0.3) is 0 Å². The molecule has 160 valence electrons. The number of carbonyl (C=O) groups is 1. The van der Waals surface area contributed by atoms with E-state index in [0.29, 0.717) is 24.8 Å². The molecule has 2 aromatic carbocycles. The van der Waals surface area contributed by atoms with E-state index in [1.807, 2.05) is 32.0 Å². The third-order valence-electron chi connectivity index (χ3n) is 4.62. The van der Waals surface area contributed by atoms with E-state index in [2.05, 4.69) is 36.2 Å². The zero-order chi connectivity index (χ0) is 22.2. The SMILES string of the molecule is CCOC(=O)C=Cc1cc(C)c(Oc2ccc(OCc3ccc(C)cc3)cn2)c(C)c1. The molecule has 0 aliphatic carbocycles. The van der Waals surface area contributed by atoms with E-state index < -0.39 is 0 Å². The Kier molecular flexibility index (Phi) is 7.44. The number of hydrogen-bond donors (Lipinski definition) is 0. The second-order valence-electron chi connectivity index (χ2n) is 7.28. The van der Waals surface area contributed by atoms with Crippen LogP contribution in [-0.4, -0.2) is 17.6 Å². The van der Waals surface area contributed by atoms with Crippen LogP contribution in [0.4, 0.5) is 0 Å². The van der Waals surface area contributed by atoms with E-state index in [1.54, 1.807) is 25.3 Å². The van der Waals surface area contributed by atoms with Gasteiger partial charge >= 0.3 is 5.97 Å². The standard InChI is InChI=1S/C26H27NO4/c1-5-29-25(28)13-10-22-14-19(3)26(20(4)15-22)31-24-12-11-23(16-27-24)30-17-21-8-6-18(2)7-9-21/h6-16H,5,17H2,1-4H3. The Hall–Kier alpha value is -3.60. The predicted octanol–water partition coefficient (Wildman–Crippen LogP) is 5.95. The number of aromatic nitrogens is 1. The molecule has 0 aliphatic rings. The van der Waals surface area contributed by atoms with Crippen molar-refractivity contribution in [3.63, 3.8) is 0 Å². The maximum absolute atomic E-state index is 11.5. The van der Waals surface area contributed by atoms with Gasteiger partial charge in [-0.3, -0.25) is 0 Å². The van der Waals surface area contributed by atoms with E-state index in [9.17, 15) is 4.79 Å². The summed E-state index contributed by atoms with van der Waals surface area (Å²) in [5.74, 6) is 1.56. The van der Waals surface area contributed by atoms with Gasteiger partial charge in [-0.15, -0.1) is 0 Å². The molecule has 31 heavy (non-hydrogen) atoms. The molecule has 0 unspecified atom stereocenters. The highest BCUT2D eigenvalue weighted by atomic mass is 16.5. The van der Waals surface area contributed by atoms with Crippen LogP contribution in [0.1, 0.15) is 34.7 Å². The molecule has 0 radical (unpaired) electrons. The molecule has 0 aliphatic heterocycles. The fraction of sp³-hybridized carbons (Fsp3) is 0.231. The van der Waals surface area contributed by atoms with Gasteiger partial charge in [0.2, 0.25) is 5.88 Å². The number of aryl methyl sites for hydroxylation is 3. The first-order valence-electron chi connectivity index (χ1n) is 10.2. The number of esters is 1. The van der Waals surface area contributed by atoms with Crippen molar-refractivity contribution in [1.82, 2.24) is 4.98 Å². The quantitative estimate of drug-likeness (QED) is 0.335. The fourth-order valence-electron chi connectivity index (χ4n) is 3.06. The largest absolute Gasteiger partial charge is 0.487 e. The molecule has 0 fully saturated rings. The summed E-state index contributed by atoms with van der Waals surface area (Å²) in [7, 11) is 0. The van der Waals surface area contributed by atoms with Crippen molar-refractivity contribution in [1.29, 1.82) is 0 Å². The molecule has 0 saturated carbocycles. The monoisotopic (exact) mass is 417 g/mol. The van der Waals surface area contributed by atoms with Crippen LogP contribution in [0.15, 0.2) is 60.8 Å². The number of ether oxygens (including phenoxy) is 3. The molecule has 5 heteroatoms. The lowest BCUT2D eigenvalue weighted by Gasteiger charge is -2.13. The first kappa shape index (κ1) is 22.1. The van der Waals surface area contributed by atoms with Gasteiger partial charge in [-0.1, -0.05) is 29.8 Å². The molecule has 5 nitrogen and oxygen atoms in total. The summed E-state index contributed by atoms with van der Waals surface area (Å²) in [6, 6.07) is 15.8. The Morgan fingerprint density at radius 3 is 2.32 bits per heavy atom. The lowest BCUT2D eigenvalue weighted by atomic mass is 10.1. The van der Waals surface area contributed by atoms with E-state index >= 15 is 0 Å². The molecule has 3 aromatic rings. The predicted molar refractivity (Wildman–Crippen MR) is 121 cm³/mol. The van der Waals surface area contributed by atoms with Crippen LogP contribution in [0.25, 0.3) is 6.08 Å². The molecule has 0 saturated heterocycles. The number of carbonyl (C=O) groups excluding carboxylic acids is 1. The van der Waals surface area contributed by atoms with Crippen LogP contribution >= 0.6 is 0 Å². The van der Waals surface area contributed by atoms with Crippen molar-refractivity contribution in [3.05, 3.63) is 88.6 Å². The summed E-state index contributed by atoms with van der Waals surface area (Å²) in [6.07, 6.45) is 4.82. The first-order valence-corrected chi connectivity index (χ1v) is 10.2. The Morgan fingerprint density at radius 1 is 1.00 bits per heavy atom. The Balaban J connectivity index is 1.63.